The van der Waals surface area contributed by atoms with E-state index in [-0.39, 0.29) is 29.7 Å². The lowest BCUT2D eigenvalue weighted by Gasteiger charge is -2.50. The molecule has 1 fully saturated rings. The largest absolute Gasteiger partial charge is 0.508 e. The normalized spacial score (nSPS) is 26.2. The number of amides is 2. The highest BCUT2D eigenvalue weighted by atomic mass is 16.3. The first-order chi connectivity index (χ1) is 18.4. The molecule has 0 saturated heterocycles. The second-order valence-corrected chi connectivity index (χ2v) is 10.3. The van der Waals surface area contributed by atoms with Crippen molar-refractivity contribution in [1.82, 2.24) is 4.90 Å². The second kappa shape index (κ2) is 9.07. The zero-order chi connectivity index (χ0) is 28.4. The van der Waals surface area contributed by atoms with Gasteiger partial charge >= 0.3 is 0 Å². The van der Waals surface area contributed by atoms with E-state index in [4.69, 9.17) is 5.73 Å². The van der Waals surface area contributed by atoms with Gasteiger partial charge in [0.1, 0.15) is 22.8 Å². The number of nitrogens with one attached hydrogen (secondary N) is 1. The lowest BCUT2D eigenvalue weighted by atomic mass is 9.57. The summed E-state index contributed by atoms with van der Waals surface area (Å²) in [7, 11) is 3.08. The Bertz CT molecular complexity index is 1510. The number of Topliss-reactive ketones (excluding diaryl/α,β-unsaturated/α-hetero) is 2. The van der Waals surface area contributed by atoms with E-state index < -0.39 is 69.7 Å². The number of hydrogen-bond acceptors (Lipinski definition) is 9. The van der Waals surface area contributed by atoms with E-state index in [1.807, 2.05) is 0 Å². The molecule has 0 unspecified atom stereocenters. The predicted octanol–water partition coefficient (Wildman–Crippen LogP) is 1.22. The number of likely N-dealkylation sites (N-methyl/N-ethyl adjacent to an activating group) is 1. The maximum absolute atomic E-state index is 13.9. The van der Waals surface area contributed by atoms with Gasteiger partial charge in [0.25, 0.3) is 11.8 Å². The second-order valence-electron chi connectivity index (χ2n) is 10.3. The molecule has 3 aliphatic rings. The van der Waals surface area contributed by atoms with Crippen LogP contribution in [-0.4, -0.2) is 74.4 Å². The van der Waals surface area contributed by atoms with Crippen molar-refractivity contribution in [3.8, 4) is 5.75 Å². The minimum absolute atomic E-state index is 0.000974. The fourth-order valence-corrected chi connectivity index (χ4v) is 6.10. The minimum atomic E-state index is -2.71. The van der Waals surface area contributed by atoms with Crippen LogP contribution in [0.25, 0.3) is 5.76 Å². The van der Waals surface area contributed by atoms with Gasteiger partial charge in [0, 0.05) is 17.1 Å². The molecule has 11 heteroatoms. The highest BCUT2D eigenvalue weighted by Gasteiger charge is 2.64. The molecular weight excluding hydrogens is 506 g/mol. The minimum Gasteiger partial charge on any atom is -0.508 e. The molecule has 0 aromatic heterocycles. The van der Waals surface area contributed by atoms with Gasteiger partial charge in [-0.15, -0.1) is 0 Å². The highest BCUT2D eigenvalue weighted by molar-refractivity contribution is 6.24. The number of aliphatic hydroxyl groups excluding tert-OH is 2. The Balaban J connectivity index is 1.62. The summed E-state index contributed by atoms with van der Waals surface area (Å²) >= 11 is 0. The maximum atomic E-state index is 13.9. The van der Waals surface area contributed by atoms with E-state index in [2.05, 4.69) is 5.32 Å². The van der Waals surface area contributed by atoms with E-state index in [0.717, 1.165) is 0 Å². The average Bonchev–Trinajstić information content (AvgIpc) is 2.88. The number of carbonyl (C=O) groups excluding carboxylic acids is 4. The third-order valence-corrected chi connectivity index (χ3v) is 7.88. The number of fused-ring (bicyclic) bond motifs is 3. The number of anilines is 1. The molecule has 3 aliphatic carbocycles. The Kier molecular flexibility index (Phi) is 6.08. The summed E-state index contributed by atoms with van der Waals surface area (Å²) in [5.74, 6) is -7.77. The molecule has 11 nitrogen and oxygen atoms in total. The van der Waals surface area contributed by atoms with Crippen molar-refractivity contribution in [2.45, 2.75) is 24.5 Å². The topological polar surface area (TPSA) is 190 Å². The van der Waals surface area contributed by atoms with Crippen molar-refractivity contribution in [3.63, 3.8) is 0 Å². The van der Waals surface area contributed by atoms with Gasteiger partial charge in [0.05, 0.1) is 17.3 Å². The summed E-state index contributed by atoms with van der Waals surface area (Å²) in [4.78, 5) is 53.1. The lowest BCUT2D eigenvalue weighted by Crippen LogP contribution is -2.65. The van der Waals surface area contributed by atoms with E-state index in [1.54, 1.807) is 36.4 Å². The summed E-state index contributed by atoms with van der Waals surface area (Å²) in [6.45, 7) is 0. The van der Waals surface area contributed by atoms with Gasteiger partial charge in [0.15, 0.2) is 11.4 Å². The summed E-state index contributed by atoms with van der Waals surface area (Å²) < 4.78 is 0. The van der Waals surface area contributed by atoms with Crippen LogP contribution in [-0.2, 0) is 20.8 Å². The third kappa shape index (κ3) is 3.73. The smallest absolute Gasteiger partial charge is 0.255 e. The van der Waals surface area contributed by atoms with E-state index in [9.17, 15) is 39.6 Å². The van der Waals surface area contributed by atoms with Gasteiger partial charge in [-0.05, 0) is 56.6 Å². The van der Waals surface area contributed by atoms with Gasteiger partial charge in [-0.25, -0.2) is 0 Å². The Morgan fingerprint density at radius 2 is 1.72 bits per heavy atom. The van der Waals surface area contributed by atoms with Crippen molar-refractivity contribution in [3.05, 3.63) is 76.1 Å². The van der Waals surface area contributed by atoms with E-state index in [0.29, 0.717) is 11.1 Å². The van der Waals surface area contributed by atoms with Crippen LogP contribution in [0.3, 0.4) is 0 Å². The summed E-state index contributed by atoms with van der Waals surface area (Å²) in [6.07, 6.45) is 0.161. The van der Waals surface area contributed by atoms with Gasteiger partial charge in [-0.2, -0.15) is 0 Å². The fraction of sp³-hybridized carbons (Fsp3) is 0.286. The fourth-order valence-electron chi connectivity index (χ4n) is 6.10. The van der Waals surface area contributed by atoms with Gasteiger partial charge in [-0.1, -0.05) is 24.3 Å². The summed E-state index contributed by atoms with van der Waals surface area (Å²) in [5.41, 5.74) is 2.20. The molecule has 1 saturated carbocycles. The predicted molar refractivity (Wildman–Crippen MR) is 139 cm³/mol. The Morgan fingerprint density at radius 3 is 2.33 bits per heavy atom. The van der Waals surface area contributed by atoms with Crippen LogP contribution in [0.15, 0.2) is 59.4 Å². The number of nitrogens with two attached hydrogens (primary N) is 1. The number of phenols is 1. The van der Waals surface area contributed by atoms with Gasteiger partial charge < -0.3 is 31.5 Å². The highest BCUT2D eigenvalue weighted by Crippen LogP contribution is 2.53. The van der Waals surface area contributed by atoms with Crippen molar-refractivity contribution in [2.75, 3.05) is 19.4 Å². The number of aromatic hydroxyl groups is 1. The molecule has 0 spiro atoms. The monoisotopic (exact) mass is 533 g/mol. The SMILES string of the molecule is CN(C)[C@@H]1C(=O)C(C(N)=O)=C(O)[C@@]2(O)C(=O)C3=C(O)c4c(ccc(NC(=O)c5ccccc5)c4O)C[C@H]3C[C@@H]12. The first-order valence-electron chi connectivity index (χ1n) is 12.3. The molecule has 4 atom stereocenters. The van der Waals surface area contributed by atoms with Crippen LogP contribution in [0.5, 0.6) is 5.75 Å². The maximum Gasteiger partial charge on any atom is 0.255 e. The summed E-state index contributed by atoms with van der Waals surface area (Å²) in [5, 5.41) is 47.4. The lowest BCUT2D eigenvalue weighted by molar-refractivity contribution is -0.153. The van der Waals surface area contributed by atoms with Crippen molar-refractivity contribution < 1.29 is 39.6 Å². The Morgan fingerprint density at radius 1 is 1.05 bits per heavy atom. The number of primary amides is 1. The number of benzene rings is 2. The number of phenolic OH excluding ortho intramolecular Hbond substituents is 1. The molecule has 0 aliphatic heterocycles. The number of nitrogens with zero attached hydrogens (tertiary/aromatic N) is 1. The zero-order valence-corrected chi connectivity index (χ0v) is 21.1. The molecule has 0 bridgehead atoms. The standard InChI is InChI=1S/C28H27N3O8/c1-31(2)20-15-11-14-10-13-8-9-16(30-27(38)12-6-4-3-5-7-12)21(32)17(13)22(33)18(14)24(35)28(15,39)25(36)19(23(20)34)26(29)37/h3-9,14-15,20,32-33,36,39H,10-11H2,1-2H3,(H2,29,37)(H,30,38)/t14-,15-,20-,28-/m0/s1. The molecular formula is C28H27N3O8. The average molecular weight is 534 g/mol. The first-order valence-corrected chi connectivity index (χ1v) is 12.3. The van der Waals surface area contributed by atoms with Crippen LogP contribution in [0, 0.1) is 11.8 Å². The van der Waals surface area contributed by atoms with Crippen LogP contribution in [0.1, 0.15) is 27.9 Å². The molecule has 39 heavy (non-hydrogen) atoms. The van der Waals surface area contributed by atoms with Crippen molar-refractivity contribution >= 4 is 34.8 Å². The molecule has 2 aromatic carbocycles. The molecule has 2 aromatic rings. The van der Waals surface area contributed by atoms with Crippen molar-refractivity contribution in [2.24, 2.45) is 17.6 Å². The molecule has 2 amide bonds. The number of hydrogen-bond donors (Lipinski definition) is 6. The molecule has 202 valence electrons. The third-order valence-electron chi connectivity index (χ3n) is 7.88. The van der Waals surface area contributed by atoms with Crippen LogP contribution < -0.4 is 11.1 Å². The molecule has 0 radical (unpaired) electrons. The van der Waals surface area contributed by atoms with Gasteiger partial charge in [0.2, 0.25) is 5.78 Å². The number of carbonyl (C=O) groups is 4. The summed E-state index contributed by atoms with van der Waals surface area (Å²) in [6, 6.07) is 10.2. The number of aliphatic hydroxyl groups is 3. The Labute approximate surface area is 222 Å². The Hall–Kier alpha value is -4.48. The molecule has 0 heterocycles. The van der Waals surface area contributed by atoms with Crippen LogP contribution in [0.4, 0.5) is 5.69 Å². The van der Waals surface area contributed by atoms with E-state index >= 15 is 0 Å². The van der Waals surface area contributed by atoms with Gasteiger partial charge in [-0.3, -0.25) is 24.1 Å². The van der Waals surface area contributed by atoms with Crippen LogP contribution >= 0.6 is 0 Å². The quantitative estimate of drug-likeness (QED) is 0.248. The molecule has 7 N–H and O–H groups in total. The zero-order valence-electron chi connectivity index (χ0n) is 21.1. The number of rotatable bonds is 4. The van der Waals surface area contributed by atoms with Crippen LogP contribution in [0.2, 0.25) is 0 Å². The molecule has 5 rings (SSSR count). The number of ketones is 2. The van der Waals surface area contributed by atoms with Crippen molar-refractivity contribution in [1.29, 1.82) is 0 Å². The first kappa shape index (κ1) is 26.1. The van der Waals surface area contributed by atoms with E-state index in [1.165, 1.54) is 25.1 Å².